The number of carbonyl (C=O) groups excluding carboxylic acids is 1. The summed E-state index contributed by atoms with van der Waals surface area (Å²) < 4.78 is 0. The number of carboxylic acid groups (broad SMARTS) is 1. The van der Waals surface area contributed by atoms with Gasteiger partial charge in [-0.2, -0.15) is 0 Å². The monoisotopic (exact) mass is 294 g/mol. The normalized spacial score (nSPS) is 22.9. The topological polar surface area (TPSA) is 69.6 Å². The first-order chi connectivity index (χ1) is 10.1. The van der Waals surface area contributed by atoms with Gasteiger partial charge < -0.3 is 10.4 Å². The van der Waals surface area contributed by atoms with Crippen molar-refractivity contribution in [1.82, 2.24) is 10.2 Å². The SMILES string of the molecule is O=C(O)CC1CCCN1CC(=O)NCCC1=CCCCC1. The second kappa shape index (κ2) is 8.17. The number of nitrogens with zero attached hydrogens (tertiary/aromatic N) is 1. The van der Waals surface area contributed by atoms with Gasteiger partial charge in [0.25, 0.3) is 0 Å². The number of rotatable bonds is 7. The van der Waals surface area contributed by atoms with E-state index in [2.05, 4.69) is 11.4 Å². The van der Waals surface area contributed by atoms with E-state index in [1.807, 2.05) is 4.90 Å². The summed E-state index contributed by atoms with van der Waals surface area (Å²) in [6, 6.07) is 0.0225. The van der Waals surface area contributed by atoms with Crippen LogP contribution in [0.3, 0.4) is 0 Å². The van der Waals surface area contributed by atoms with Gasteiger partial charge in [0.2, 0.25) is 5.91 Å². The first-order valence-corrected chi connectivity index (χ1v) is 8.05. The van der Waals surface area contributed by atoms with Crippen molar-refractivity contribution in [2.75, 3.05) is 19.6 Å². The molecule has 0 aromatic heterocycles. The van der Waals surface area contributed by atoms with E-state index in [-0.39, 0.29) is 18.4 Å². The van der Waals surface area contributed by atoms with Crippen LogP contribution in [0.4, 0.5) is 0 Å². The third kappa shape index (κ3) is 5.50. The van der Waals surface area contributed by atoms with E-state index >= 15 is 0 Å². The van der Waals surface area contributed by atoms with Gasteiger partial charge in [0.15, 0.2) is 0 Å². The molecule has 2 rings (SSSR count). The lowest BCUT2D eigenvalue weighted by molar-refractivity contribution is -0.138. The summed E-state index contributed by atoms with van der Waals surface area (Å²) in [5, 5.41) is 11.8. The van der Waals surface area contributed by atoms with Crippen molar-refractivity contribution in [2.45, 2.75) is 57.4 Å². The predicted octanol–water partition coefficient (Wildman–Crippen LogP) is 1.93. The fraction of sp³-hybridized carbons (Fsp3) is 0.750. The highest BCUT2D eigenvalue weighted by Gasteiger charge is 2.27. The van der Waals surface area contributed by atoms with Crippen molar-refractivity contribution in [1.29, 1.82) is 0 Å². The van der Waals surface area contributed by atoms with Gasteiger partial charge in [-0.25, -0.2) is 0 Å². The molecule has 0 bridgehead atoms. The molecule has 5 nitrogen and oxygen atoms in total. The van der Waals surface area contributed by atoms with Crippen LogP contribution in [-0.4, -0.2) is 47.6 Å². The molecule has 1 atom stereocenters. The highest BCUT2D eigenvalue weighted by atomic mass is 16.4. The Kier molecular flexibility index (Phi) is 6.23. The Bertz CT molecular complexity index is 406. The molecular weight excluding hydrogens is 268 g/mol. The number of hydrogen-bond donors (Lipinski definition) is 2. The number of allylic oxidation sites excluding steroid dienone is 1. The molecule has 1 amide bonds. The van der Waals surface area contributed by atoms with Gasteiger partial charge in [0.05, 0.1) is 13.0 Å². The molecule has 5 heteroatoms. The maximum absolute atomic E-state index is 12.0. The van der Waals surface area contributed by atoms with Crippen LogP contribution in [0.5, 0.6) is 0 Å². The van der Waals surface area contributed by atoms with E-state index in [1.165, 1.54) is 31.3 Å². The Balaban J connectivity index is 1.66. The number of nitrogens with one attached hydrogen (secondary N) is 1. The average Bonchev–Trinajstić information content (AvgIpc) is 2.86. The summed E-state index contributed by atoms with van der Waals surface area (Å²) in [4.78, 5) is 24.8. The summed E-state index contributed by atoms with van der Waals surface area (Å²) in [5.74, 6) is -0.764. The minimum Gasteiger partial charge on any atom is -0.481 e. The second-order valence-corrected chi connectivity index (χ2v) is 6.07. The van der Waals surface area contributed by atoms with Gasteiger partial charge in [-0.05, 0) is 51.5 Å². The molecule has 1 aliphatic carbocycles. The van der Waals surface area contributed by atoms with E-state index in [1.54, 1.807) is 0 Å². The van der Waals surface area contributed by atoms with E-state index in [9.17, 15) is 9.59 Å². The Hall–Kier alpha value is -1.36. The maximum Gasteiger partial charge on any atom is 0.304 e. The Morgan fingerprint density at radius 1 is 1.33 bits per heavy atom. The van der Waals surface area contributed by atoms with Gasteiger partial charge in [-0.15, -0.1) is 0 Å². The molecule has 0 saturated carbocycles. The number of carbonyl (C=O) groups is 2. The third-order valence-electron chi connectivity index (χ3n) is 4.41. The van der Waals surface area contributed by atoms with Crippen LogP contribution in [0.2, 0.25) is 0 Å². The Morgan fingerprint density at radius 2 is 2.19 bits per heavy atom. The zero-order chi connectivity index (χ0) is 15.1. The van der Waals surface area contributed by atoms with Gasteiger partial charge in [0, 0.05) is 12.6 Å². The first-order valence-electron chi connectivity index (χ1n) is 8.05. The van der Waals surface area contributed by atoms with E-state index in [4.69, 9.17) is 5.11 Å². The molecule has 0 aromatic rings. The van der Waals surface area contributed by atoms with Crippen molar-refractivity contribution in [2.24, 2.45) is 0 Å². The first kappa shape index (κ1) is 16.0. The minimum absolute atomic E-state index is 0.0173. The van der Waals surface area contributed by atoms with Gasteiger partial charge >= 0.3 is 5.97 Å². The van der Waals surface area contributed by atoms with Gasteiger partial charge in [-0.3, -0.25) is 14.5 Å². The number of aliphatic carboxylic acids is 1. The molecule has 1 fully saturated rings. The van der Waals surface area contributed by atoms with Crippen molar-refractivity contribution in [3.63, 3.8) is 0 Å². The van der Waals surface area contributed by atoms with Crippen LogP contribution in [0, 0.1) is 0 Å². The van der Waals surface area contributed by atoms with E-state index in [0.717, 1.165) is 25.8 Å². The quantitative estimate of drug-likeness (QED) is 0.704. The molecule has 0 spiro atoms. The largest absolute Gasteiger partial charge is 0.481 e. The smallest absolute Gasteiger partial charge is 0.304 e. The molecule has 1 unspecified atom stereocenters. The number of amides is 1. The molecule has 0 aromatic carbocycles. The van der Waals surface area contributed by atoms with Gasteiger partial charge in [0.1, 0.15) is 0 Å². The Morgan fingerprint density at radius 3 is 2.90 bits per heavy atom. The number of likely N-dealkylation sites (tertiary alicyclic amines) is 1. The van der Waals surface area contributed by atoms with Crippen LogP contribution in [0.1, 0.15) is 51.4 Å². The predicted molar refractivity (Wildman–Crippen MR) is 81.0 cm³/mol. The molecule has 1 aliphatic heterocycles. The van der Waals surface area contributed by atoms with Crippen LogP contribution >= 0.6 is 0 Å². The summed E-state index contributed by atoms with van der Waals surface area (Å²) >= 11 is 0. The molecule has 0 radical (unpaired) electrons. The lowest BCUT2D eigenvalue weighted by Gasteiger charge is -2.22. The number of carboxylic acids is 1. The van der Waals surface area contributed by atoms with Crippen LogP contribution in [0.15, 0.2) is 11.6 Å². The fourth-order valence-corrected chi connectivity index (χ4v) is 3.27. The molecule has 2 aliphatic rings. The highest BCUT2D eigenvalue weighted by molar-refractivity contribution is 5.78. The van der Waals surface area contributed by atoms with Crippen molar-refractivity contribution >= 4 is 11.9 Å². The highest BCUT2D eigenvalue weighted by Crippen LogP contribution is 2.20. The number of hydrogen-bond acceptors (Lipinski definition) is 3. The molecule has 1 heterocycles. The summed E-state index contributed by atoms with van der Waals surface area (Å²) in [6.45, 7) is 1.86. The van der Waals surface area contributed by atoms with Crippen molar-refractivity contribution < 1.29 is 14.7 Å². The summed E-state index contributed by atoms with van der Waals surface area (Å²) in [6.07, 6.45) is 10.2. The zero-order valence-corrected chi connectivity index (χ0v) is 12.6. The van der Waals surface area contributed by atoms with E-state index < -0.39 is 5.97 Å². The second-order valence-electron chi connectivity index (χ2n) is 6.07. The molecule has 1 saturated heterocycles. The zero-order valence-electron chi connectivity index (χ0n) is 12.6. The molecule has 21 heavy (non-hydrogen) atoms. The summed E-state index contributed by atoms with van der Waals surface area (Å²) in [7, 11) is 0. The lowest BCUT2D eigenvalue weighted by Crippen LogP contribution is -2.40. The Labute approximate surface area is 126 Å². The minimum atomic E-state index is -0.781. The fourth-order valence-electron chi connectivity index (χ4n) is 3.27. The van der Waals surface area contributed by atoms with Crippen molar-refractivity contribution in [3.05, 3.63) is 11.6 Å². The summed E-state index contributed by atoms with van der Waals surface area (Å²) in [5.41, 5.74) is 1.46. The lowest BCUT2D eigenvalue weighted by atomic mass is 9.97. The maximum atomic E-state index is 12.0. The molecule has 2 N–H and O–H groups in total. The average molecular weight is 294 g/mol. The molecule has 118 valence electrons. The van der Waals surface area contributed by atoms with E-state index in [0.29, 0.717) is 13.1 Å². The van der Waals surface area contributed by atoms with Crippen LogP contribution < -0.4 is 5.32 Å². The third-order valence-corrected chi connectivity index (χ3v) is 4.41. The van der Waals surface area contributed by atoms with Crippen molar-refractivity contribution in [3.8, 4) is 0 Å². The van der Waals surface area contributed by atoms with Crippen LogP contribution in [0.25, 0.3) is 0 Å². The van der Waals surface area contributed by atoms with Crippen LogP contribution in [-0.2, 0) is 9.59 Å². The molecular formula is C16H26N2O3. The standard InChI is InChI=1S/C16H26N2O3/c19-15(17-9-8-13-5-2-1-3-6-13)12-18-10-4-7-14(18)11-16(20)21/h5,14H,1-4,6-12H2,(H,17,19)(H,20,21). The van der Waals surface area contributed by atoms with Gasteiger partial charge in [-0.1, -0.05) is 11.6 Å².